The summed E-state index contributed by atoms with van der Waals surface area (Å²) in [6.45, 7) is 1.52. The van der Waals surface area contributed by atoms with Crippen molar-refractivity contribution in [2.75, 3.05) is 25.0 Å². The number of carbonyl (C=O) groups is 3. The first-order valence-electron chi connectivity index (χ1n) is 7.57. The number of carboxylic acid groups (broad SMARTS) is 1. The van der Waals surface area contributed by atoms with Crippen molar-refractivity contribution in [1.29, 1.82) is 0 Å². The number of nitrogens with zero attached hydrogens (tertiary/aromatic N) is 1. The van der Waals surface area contributed by atoms with Crippen LogP contribution in [0.3, 0.4) is 0 Å². The van der Waals surface area contributed by atoms with Crippen molar-refractivity contribution in [3.05, 3.63) is 24.3 Å². The molecule has 25 heavy (non-hydrogen) atoms. The van der Waals surface area contributed by atoms with E-state index in [0.717, 1.165) is 0 Å². The number of benzene rings is 1. The van der Waals surface area contributed by atoms with Crippen LogP contribution in [0.4, 0.5) is 5.69 Å². The van der Waals surface area contributed by atoms with Crippen molar-refractivity contribution < 1.29 is 27.9 Å². The zero-order valence-electron chi connectivity index (χ0n) is 13.6. The number of carbonyl (C=O) groups excluding carboxylic acids is 2. The molecule has 1 aliphatic heterocycles. The number of hydrogen-bond acceptors (Lipinski definition) is 5. The summed E-state index contributed by atoms with van der Waals surface area (Å²) >= 11 is 0. The highest BCUT2D eigenvalue weighted by atomic mass is 32.2. The van der Waals surface area contributed by atoms with E-state index < -0.39 is 21.9 Å². The van der Waals surface area contributed by atoms with Gasteiger partial charge in [-0.05, 0) is 24.3 Å². The second-order valence-electron chi connectivity index (χ2n) is 5.68. The Kier molecular flexibility index (Phi) is 5.75. The average molecular weight is 369 g/mol. The molecule has 136 valence electrons. The Morgan fingerprint density at radius 2 is 1.92 bits per heavy atom. The second-order valence-corrected chi connectivity index (χ2v) is 7.45. The van der Waals surface area contributed by atoms with Gasteiger partial charge in [0.25, 0.3) is 0 Å². The third-order valence-corrected chi connectivity index (χ3v) is 5.20. The second kappa shape index (κ2) is 7.62. The van der Waals surface area contributed by atoms with E-state index in [-0.39, 0.29) is 42.8 Å². The summed E-state index contributed by atoms with van der Waals surface area (Å²) in [5.41, 5.74) is 0.480. The lowest BCUT2D eigenvalue weighted by Gasteiger charge is -2.16. The molecule has 1 atom stereocenters. The molecular weight excluding hydrogens is 350 g/mol. The molecule has 1 saturated heterocycles. The number of rotatable bonds is 7. The lowest BCUT2D eigenvalue weighted by atomic mass is 10.1. The van der Waals surface area contributed by atoms with Crippen LogP contribution in [0, 0.1) is 5.92 Å². The van der Waals surface area contributed by atoms with Gasteiger partial charge in [0.05, 0.1) is 10.8 Å². The summed E-state index contributed by atoms with van der Waals surface area (Å²) in [6, 6.07) is 5.65. The zero-order chi connectivity index (χ0) is 18.6. The quantitative estimate of drug-likeness (QED) is 0.612. The molecule has 10 heteroatoms. The van der Waals surface area contributed by atoms with Gasteiger partial charge in [0.1, 0.15) is 0 Å². The summed E-state index contributed by atoms with van der Waals surface area (Å²) in [5.74, 6) is -2.34. The highest BCUT2D eigenvalue weighted by Gasteiger charge is 2.33. The molecule has 0 bridgehead atoms. The van der Waals surface area contributed by atoms with Crippen molar-refractivity contribution in [2.24, 2.45) is 5.92 Å². The minimum absolute atomic E-state index is 0.0200. The standard InChI is InChI=1S/C15H19N3O6S/c1-10(19)17-12-2-4-13(5-3-12)25(23,24)16-6-7-18-9-11(15(21)22)8-14(18)20/h2-5,11,16H,6-9H2,1H3,(H,17,19)(H,21,22). The number of aliphatic carboxylic acids is 1. The third kappa shape index (κ3) is 5.00. The first kappa shape index (κ1) is 18.9. The number of amides is 2. The van der Waals surface area contributed by atoms with E-state index in [0.29, 0.717) is 5.69 Å². The van der Waals surface area contributed by atoms with E-state index in [2.05, 4.69) is 10.0 Å². The molecule has 1 aliphatic rings. The Balaban J connectivity index is 1.90. The number of hydrogen-bond donors (Lipinski definition) is 3. The molecule has 1 unspecified atom stereocenters. The number of nitrogens with one attached hydrogen (secondary N) is 2. The van der Waals surface area contributed by atoms with Crippen LogP contribution < -0.4 is 10.0 Å². The van der Waals surface area contributed by atoms with E-state index in [1.807, 2.05) is 0 Å². The average Bonchev–Trinajstić information content (AvgIpc) is 2.89. The van der Waals surface area contributed by atoms with Gasteiger partial charge in [-0.2, -0.15) is 0 Å². The summed E-state index contributed by atoms with van der Waals surface area (Å²) in [7, 11) is -3.76. The smallest absolute Gasteiger partial charge is 0.308 e. The maximum atomic E-state index is 12.2. The van der Waals surface area contributed by atoms with Crippen molar-refractivity contribution in [1.82, 2.24) is 9.62 Å². The van der Waals surface area contributed by atoms with Crippen LogP contribution in [0.2, 0.25) is 0 Å². The van der Waals surface area contributed by atoms with Crippen LogP contribution in [0.15, 0.2) is 29.2 Å². The van der Waals surface area contributed by atoms with Gasteiger partial charge in [-0.3, -0.25) is 14.4 Å². The van der Waals surface area contributed by atoms with Gasteiger partial charge in [0.15, 0.2) is 0 Å². The van der Waals surface area contributed by atoms with Crippen molar-refractivity contribution in [3.8, 4) is 0 Å². The van der Waals surface area contributed by atoms with Crippen LogP contribution in [0.5, 0.6) is 0 Å². The molecule has 9 nitrogen and oxygen atoms in total. The molecule has 1 heterocycles. The summed E-state index contributed by atoms with van der Waals surface area (Å²) in [4.78, 5) is 34.9. The predicted octanol–water partition coefficient (Wildman–Crippen LogP) is -0.144. The van der Waals surface area contributed by atoms with E-state index >= 15 is 0 Å². The minimum atomic E-state index is -3.76. The maximum Gasteiger partial charge on any atom is 0.308 e. The zero-order valence-corrected chi connectivity index (χ0v) is 14.4. The molecule has 0 aromatic heterocycles. The van der Waals surface area contributed by atoms with Gasteiger partial charge < -0.3 is 15.3 Å². The molecule has 3 N–H and O–H groups in total. The van der Waals surface area contributed by atoms with Crippen molar-refractivity contribution in [2.45, 2.75) is 18.2 Å². The van der Waals surface area contributed by atoms with Gasteiger partial charge in [0, 0.05) is 38.7 Å². The van der Waals surface area contributed by atoms with Crippen molar-refractivity contribution >= 4 is 33.5 Å². The predicted molar refractivity (Wildman–Crippen MR) is 88.3 cm³/mol. The molecule has 1 aromatic rings. The van der Waals surface area contributed by atoms with Crippen LogP contribution in [0.1, 0.15) is 13.3 Å². The first-order chi connectivity index (χ1) is 11.7. The first-order valence-corrected chi connectivity index (χ1v) is 9.05. The van der Waals surface area contributed by atoms with Crippen LogP contribution in [-0.2, 0) is 24.4 Å². The summed E-state index contributed by atoms with van der Waals surface area (Å²) in [5, 5.41) is 11.4. The molecule has 0 aliphatic carbocycles. The Morgan fingerprint density at radius 1 is 1.28 bits per heavy atom. The van der Waals surface area contributed by atoms with Crippen LogP contribution in [0.25, 0.3) is 0 Å². The summed E-state index contributed by atoms with van der Waals surface area (Å²) < 4.78 is 26.8. The van der Waals surface area contributed by atoms with Crippen LogP contribution >= 0.6 is 0 Å². The van der Waals surface area contributed by atoms with E-state index in [1.54, 1.807) is 0 Å². The highest BCUT2D eigenvalue weighted by Crippen LogP contribution is 2.17. The number of anilines is 1. The topological polar surface area (TPSA) is 133 Å². The Morgan fingerprint density at radius 3 is 2.44 bits per heavy atom. The molecule has 0 spiro atoms. The highest BCUT2D eigenvalue weighted by molar-refractivity contribution is 7.89. The SMILES string of the molecule is CC(=O)Nc1ccc(S(=O)(=O)NCCN2CC(C(=O)O)CC2=O)cc1. The van der Waals surface area contributed by atoms with E-state index in [1.165, 1.54) is 36.1 Å². The molecule has 0 saturated carbocycles. The fourth-order valence-electron chi connectivity index (χ4n) is 2.47. The minimum Gasteiger partial charge on any atom is -0.481 e. The van der Waals surface area contributed by atoms with E-state index in [9.17, 15) is 22.8 Å². The molecule has 0 radical (unpaired) electrons. The van der Waals surface area contributed by atoms with Crippen molar-refractivity contribution in [3.63, 3.8) is 0 Å². The lowest BCUT2D eigenvalue weighted by Crippen LogP contribution is -2.36. The van der Waals surface area contributed by atoms with Gasteiger partial charge in [-0.25, -0.2) is 13.1 Å². The third-order valence-electron chi connectivity index (χ3n) is 3.72. The van der Waals surface area contributed by atoms with Gasteiger partial charge in [-0.1, -0.05) is 0 Å². The fraction of sp³-hybridized carbons (Fsp3) is 0.400. The Bertz CT molecular complexity index is 775. The van der Waals surface area contributed by atoms with Gasteiger partial charge >= 0.3 is 5.97 Å². The molecule has 1 fully saturated rings. The normalized spacial score (nSPS) is 17.6. The molecule has 2 amide bonds. The number of sulfonamides is 1. The number of carboxylic acids is 1. The molecular formula is C15H19N3O6S. The monoisotopic (exact) mass is 369 g/mol. The summed E-state index contributed by atoms with van der Waals surface area (Å²) in [6.07, 6.45) is -0.0628. The Hall–Kier alpha value is -2.46. The Labute approximate surface area is 145 Å². The maximum absolute atomic E-state index is 12.2. The van der Waals surface area contributed by atoms with Gasteiger partial charge in [0.2, 0.25) is 21.8 Å². The molecule has 1 aromatic carbocycles. The fourth-order valence-corrected chi connectivity index (χ4v) is 3.49. The van der Waals surface area contributed by atoms with Crippen LogP contribution in [-0.4, -0.2) is 55.8 Å². The largest absolute Gasteiger partial charge is 0.481 e. The molecule has 2 rings (SSSR count). The van der Waals surface area contributed by atoms with E-state index in [4.69, 9.17) is 5.11 Å². The lowest BCUT2D eigenvalue weighted by molar-refractivity contribution is -0.141. The van der Waals surface area contributed by atoms with Gasteiger partial charge in [-0.15, -0.1) is 0 Å². The number of likely N-dealkylation sites (tertiary alicyclic amines) is 1.